The van der Waals surface area contributed by atoms with E-state index in [1.54, 1.807) is 0 Å². The summed E-state index contributed by atoms with van der Waals surface area (Å²) in [4.78, 5) is 0. The molecule has 12 heavy (non-hydrogen) atoms. The Morgan fingerprint density at radius 2 is 1.67 bits per heavy atom. The van der Waals surface area contributed by atoms with Crippen molar-refractivity contribution in [3.05, 3.63) is 0 Å². The molecule has 0 aliphatic carbocycles. The Labute approximate surface area is 81.9 Å². The summed E-state index contributed by atoms with van der Waals surface area (Å²) in [6.07, 6.45) is -1.81. The third-order valence-electron chi connectivity index (χ3n) is 1.73. The van der Waals surface area contributed by atoms with Crippen molar-refractivity contribution in [2.24, 2.45) is 5.41 Å². The van der Waals surface area contributed by atoms with E-state index in [1.807, 2.05) is 18.8 Å². The van der Waals surface area contributed by atoms with E-state index in [2.05, 4.69) is 28.9 Å². The fourth-order valence-electron chi connectivity index (χ4n) is 0.823. The Balaban J connectivity index is 2.62. The van der Waals surface area contributed by atoms with Gasteiger partial charge in [0.25, 0.3) is 0 Å². The standard InChI is InChI=1S/C7H16NO2PSe/c1-7(2)5-9-11(12,8(3)4)10-6-7/h5-6H2,1-4H3. The van der Waals surface area contributed by atoms with Gasteiger partial charge in [-0.25, -0.2) is 0 Å². The van der Waals surface area contributed by atoms with Crippen LogP contribution in [0.5, 0.6) is 0 Å². The van der Waals surface area contributed by atoms with Gasteiger partial charge in [0.1, 0.15) is 0 Å². The van der Waals surface area contributed by atoms with Gasteiger partial charge in [0.2, 0.25) is 0 Å². The van der Waals surface area contributed by atoms with E-state index in [4.69, 9.17) is 9.05 Å². The molecule has 0 aromatic carbocycles. The number of nitrogens with zero attached hydrogens (tertiary/aromatic N) is 1. The van der Waals surface area contributed by atoms with Crippen LogP contribution in [0.2, 0.25) is 0 Å². The third-order valence-corrected chi connectivity index (χ3v) is 7.00. The summed E-state index contributed by atoms with van der Waals surface area (Å²) >= 11 is 3.02. The van der Waals surface area contributed by atoms with Crippen LogP contribution < -0.4 is 0 Å². The molecule has 1 rings (SSSR count). The molecule has 1 aliphatic heterocycles. The summed E-state index contributed by atoms with van der Waals surface area (Å²) in [6, 6.07) is 0. The molecule has 72 valence electrons. The molecule has 1 saturated heterocycles. The summed E-state index contributed by atoms with van der Waals surface area (Å²) in [5.41, 5.74) is 0.156. The van der Waals surface area contributed by atoms with Crippen LogP contribution in [0.1, 0.15) is 13.8 Å². The quantitative estimate of drug-likeness (QED) is 0.524. The normalized spacial score (nSPS) is 27.4. The molecule has 1 fully saturated rings. The predicted octanol–water partition coefficient (Wildman–Crippen LogP) is 1.47. The summed E-state index contributed by atoms with van der Waals surface area (Å²) in [6.45, 7) is 5.83. The maximum absolute atomic E-state index is 5.70. The van der Waals surface area contributed by atoms with Crippen LogP contribution in [0, 0.1) is 5.41 Å². The average Bonchev–Trinajstić information content (AvgIpc) is 1.96. The van der Waals surface area contributed by atoms with Crippen LogP contribution in [0.15, 0.2) is 0 Å². The molecule has 0 aromatic heterocycles. The molecule has 5 heteroatoms. The maximum atomic E-state index is 5.70. The number of rotatable bonds is 1. The Bertz CT molecular complexity index is 203. The van der Waals surface area contributed by atoms with Crippen molar-refractivity contribution in [3.63, 3.8) is 0 Å². The van der Waals surface area contributed by atoms with Gasteiger partial charge < -0.3 is 0 Å². The van der Waals surface area contributed by atoms with Gasteiger partial charge in [-0.1, -0.05) is 0 Å². The fraction of sp³-hybridized carbons (Fsp3) is 1.00. The van der Waals surface area contributed by atoms with Crippen molar-refractivity contribution in [1.82, 2.24) is 4.67 Å². The topological polar surface area (TPSA) is 21.7 Å². The second kappa shape index (κ2) is 3.53. The van der Waals surface area contributed by atoms with E-state index in [0.717, 1.165) is 13.2 Å². The summed E-state index contributed by atoms with van der Waals surface area (Å²) in [5, 5.41) is 0. The second-order valence-electron chi connectivity index (χ2n) is 4.03. The Morgan fingerprint density at radius 3 is 2.00 bits per heavy atom. The molecule has 0 saturated carbocycles. The molecule has 1 heterocycles. The van der Waals surface area contributed by atoms with Gasteiger partial charge in [0, 0.05) is 0 Å². The molecule has 0 unspecified atom stereocenters. The zero-order valence-corrected chi connectivity index (χ0v) is 10.6. The second-order valence-corrected chi connectivity index (χ2v) is 9.18. The van der Waals surface area contributed by atoms with Gasteiger partial charge in [-0.3, -0.25) is 0 Å². The van der Waals surface area contributed by atoms with Crippen LogP contribution in [-0.4, -0.2) is 47.1 Å². The Hall–Kier alpha value is 0.829. The van der Waals surface area contributed by atoms with E-state index in [9.17, 15) is 0 Å². The first-order valence-corrected chi connectivity index (χ1v) is 7.72. The Kier molecular flexibility index (Phi) is 3.21. The van der Waals surface area contributed by atoms with Crippen LogP contribution in [0.3, 0.4) is 0 Å². The molecule has 0 amide bonds. The van der Waals surface area contributed by atoms with Gasteiger partial charge in [0.05, 0.1) is 0 Å². The monoisotopic (exact) mass is 257 g/mol. The van der Waals surface area contributed by atoms with E-state index in [1.165, 1.54) is 0 Å². The zero-order chi connectivity index (χ0) is 9.41. The molecule has 0 atom stereocenters. The molecule has 0 aromatic rings. The third kappa shape index (κ3) is 2.41. The van der Waals surface area contributed by atoms with Crippen LogP contribution >= 0.6 is 6.11 Å². The molecule has 0 spiro atoms. The van der Waals surface area contributed by atoms with Crippen molar-refractivity contribution in [3.8, 4) is 0 Å². The van der Waals surface area contributed by atoms with Gasteiger partial charge in [-0.15, -0.1) is 0 Å². The van der Waals surface area contributed by atoms with Gasteiger partial charge in [-0.2, -0.15) is 0 Å². The van der Waals surface area contributed by atoms with Crippen LogP contribution in [-0.2, 0) is 9.05 Å². The van der Waals surface area contributed by atoms with Crippen molar-refractivity contribution in [1.29, 1.82) is 0 Å². The summed E-state index contributed by atoms with van der Waals surface area (Å²) in [7, 11) is 3.95. The Morgan fingerprint density at radius 1 is 1.25 bits per heavy atom. The average molecular weight is 256 g/mol. The van der Waals surface area contributed by atoms with Gasteiger partial charge in [-0.05, 0) is 0 Å². The molecular formula is C7H16NO2PSe. The molecule has 3 nitrogen and oxygen atoms in total. The van der Waals surface area contributed by atoms with E-state index < -0.39 is 6.11 Å². The van der Waals surface area contributed by atoms with Crippen LogP contribution in [0.25, 0.3) is 0 Å². The van der Waals surface area contributed by atoms with Gasteiger partial charge >= 0.3 is 81.5 Å². The first kappa shape index (κ1) is 10.9. The first-order valence-electron chi connectivity index (χ1n) is 3.93. The first-order chi connectivity index (χ1) is 5.36. The van der Waals surface area contributed by atoms with Crippen LogP contribution in [0.4, 0.5) is 0 Å². The predicted molar refractivity (Wildman–Crippen MR) is 52.0 cm³/mol. The SMILES string of the molecule is CN(C)P1(=[Se])OCC(C)(C)CO1. The van der Waals surface area contributed by atoms with Gasteiger partial charge in [0.15, 0.2) is 0 Å². The molecule has 0 N–H and O–H groups in total. The minimum absolute atomic E-state index is 0.156. The van der Waals surface area contributed by atoms with E-state index >= 15 is 0 Å². The molecule has 0 radical (unpaired) electrons. The van der Waals surface area contributed by atoms with Crippen molar-refractivity contribution >= 4 is 21.2 Å². The summed E-state index contributed by atoms with van der Waals surface area (Å²) in [5.74, 6) is 0. The van der Waals surface area contributed by atoms with E-state index in [-0.39, 0.29) is 5.41 Å². The fourth-order valence-corrected chi connectivity index (χ4v) is 3.05. The zero-order valence-electron chi connectivity index (χ0n) is 8.03. The summed E-state index contributed by atoms with van der Waals surface area (Å²) < 4.78 is 13.4. The minimum atomic E-state index is -1.81. The number of hydrogen-bond donors (Lipinski definition) is 0. The molecule has 0 bridgehead atoms. The van der Waals surface area contributed by atoms with Crippen molar-refractivity contribution < 1.29 is 9.05 Å². The van der Waals surface area contributed by atoms with Crippen molar-refractivity contribution in [2.45, 2.75) is 13.8 Å². The van der Waals surface area contributed by atoms with E-state index in [0.29, 0.717) is 0 Å². The van der Waals surface area contributed by atoms with Crippen molar-refractivity contribution in [2.75, 3.05) is 27.3 Å². The molecule has 1 aliphatic rings. The molecular weight excluding hydrogens is 240 g/mol. The number of hydrogen-bond acceptors (Lipinski definition) is 3.